The average molecular weight is 525 g/mol. The van der Waals surface area contributed by atoms with Crippen LogP contribution < -0.4 is 9.80 Å². The second kappa shape index (κ2) is 9.69. The van der Waals surface area contributed by atoms with E-state index < -0.39 is 35.4 Å². The number of fused-ring (bicyclic) bond motifs is 3. The number of aromatic nitrogens is 3. The molecule has 12 heteroatoms. The highest BCUT2D eigenvalue weighted by Crippen LogP contribution is 2.36. The van der Waals surface area contributed by atoms with E-state index in [4.69, 9.17) is 0 Å². The zero-order valence-corrected chi connectivity index (χ0v) is 20.8. The van der Waals surface area contributed by atoms with Crippen molar-refractivity contribution in [2.75, 3.05) is 9.80 Å². The molecule has 0 spiro atoms. The SMILES string of the molecule is CC(=O)N(C(C)=O)c1nc(N(C(C)=O)C(C)=O)c2c(ccc3c2ccn3Cc2ccccc2C(F)(F)F)n1. The zero-order chi connectivity index (χ0) is 27.9. The molecule has 4 amide bonds. The summed E-state index contributed by atoms with van der Waals surface area (Å²) in [6, 6.07) is 10.00. The molecular formula is C26H22F3N5O4. The van der Waals surface area contributed by atoms with Crippen LogP contribution in [-0.4, -0.2) is 38.2 Å². The Hall–Kier alpha value is -4.61. The van der Waals surface area contributed by atoms with Crippen LogP contribution in [-0.2, 0) is 31.9 Å². The van der Waals surface area contributed by atoms with Gasteiger partial charge in [-0.25, -0.2) is 14.8 Å². The molecule has 4 rings (SSSR count). The van der Waals surface area contributed by atoms with Gasteiger partial charge in [0, 0.05) is 51.3 Å². The maximum absolute atomic E-state index is 13.6. The first-order valence-corrected chi connectivity index (χ1v) is 11.4. The molecule has 0 saturated heterocycles. The second-order valence-electron chi connectivity index (χ2n) is 8.59. The normalized spacial score (nSPS) is 11.6. The number of anilines is 2. The third-order valence-electron chi connectivity index (χ3n) is 5.92. The Morgan fingerprint density at radius 3 is 2.00 bits per heavy atom. The summed E-state index contributed by atoms with van der Waals surface area (Å²) in [5.41, 5.74) is 0.00124. The Bertz CT molecular complexity index is 1600. The summed E-state index contributed by atoms with van der Waals surface area (Å²) in [7, 11) is 0. The number of rotatable bonds is 4. The third kappa shape index (κ3) is 4.72. The number of alkyl halides is 3. The van der Waals surface area contributed by atoms with E-state index >= 15 is 0 Å². The maximum atomic E-state index is 13.6. The number of amides is 4. The van der Waals surface area contributed by atoms with E-state index in [2.05, 4.69) is 9.97 Å². The molecular weight excluding hydrogens is 503 g/mol. The fraction of sp³-hybridized carbons (Fsp3) is 0.231. The highest BCUT2D eigenvalue weighted by Gasteiger charge is 2.33. The minimum absolute atomic E-state index is 0.0528. The van der Waals surface area contributed by atoms with Gasteiger partial charge in [0.05, 0.1) is 16.5 Å². The maximum Gasteiger partial charge on any atom is 0.416 e. The fourth-order valence-electron chi connectivity index (χ4n) is 4.41. The van der Waals surface area contributed by atoms with Crippen LogP contribution >= 0.6 is 0 Å². The van der Waals surface area contributed by atoms with E-state index in [1.165, 1.54) is 24.3 Å². The molecule has 0 aliphatic heterocycles. The number of benzene rings is 2. The lowest BCUT2D eigenvalue weighted by atomic mass is 10.1. The van der Waals surface area contributed by atoms with Crippen molar-refractivity contribution in [3.05, 3.63) is 59.8 Å². The topological polar surface area (TPSA) is 105 Å². The van der Waals surface area contributed by atoms with Crippen molar-refractivity contribution in [2.24, 2.45) is 0 Å². The molecule has 0 atom stereocenters. The predicted molar refractivity (Wildman–Crippen MR) is 133 cm³/mol. The Morgan fingerprint density at radius 2 is 1.42 bits per heavy atom. The molecule has 2 aromatic heterocycles. The number of hydrogen-bond donors (Lipinski definition) is 0. The van der Waals surface area contributed by atoms with Crippen molar-refractivity contribution in [3.8, 4) is 0 Å². The lowest BCUT2D eigenvalue weighted by Crippen LogP contribution is -2.37. The van der Waals surface area contributed by atoms with Crippen LogP contribution in [0.15, 0.2) is 48.7 Å². The van der Waals surface area contributed by atoms with Gasteiger partial charge >= 0.3 is 6.18 Å². The lowest BCUT2D eigenvalue weighted by molar-refractivity contribution is -0.138. The van der Waals surface area contributed by atoms with Crippen molar-refractivity contribution in [1.82, 2.24) is 14.5 Å². The van der Waals surface area contributed by atoms with Crippen molar-refractivity contribution in [3.63, 3.8) is 0 Å². The summed E-state index contributed by atoms with van der Waals surface area (Å²) in [4.78, 5) is 59.4. The van der Waals surface area contributed by atoms with Gasteiger partial charge in [0.15, 0.2) is 5.82 Å². The Balaban J connectivity index is 2.00. The summed E-state index contributed by atoms with van der Waals surface area (Å²) in [6.07, 6.45) is -2.95. The summed E-state index contributed by atoms with van der Waals surface area (Å²) in [6.45, 7) is 4.49. The van der Waals surface area contributed by atoms with Gasteiger partial charge < -0.3 is 4.57 Å². The standard InChI is InChI=1S/C26H22F3N5O4/c1-14(35)33(15(2)36)24-23-19-11-12-32(13-18-7-5-6-8-20(18)26(27,28)29)22(19)10-9-21(23)30-25(31-24)34(16(3)37)17(4)38/h5-12H,13H2,1-4H3. The van der Waals surface area contributed by atoms with E-state index in [0.29, 0.717) is 15.8 Å². The number of imide groups is 2. The van der Waals surface area contributed by atoms with E-state index in [1.807, 2.05) is 0 Å². The third-order valence-corrected chi connectivity index (χ3v) is 5.92. The first-order valence-electron chi connectivity index (χ1n) is 11.4. The average Bonchev–Trinajstić information content (AvgIpc) is 3.20. The minimum atomic E-state index is -4.54. The molecule has 0 radical (unpaired) electrons. The summed E-state index contributed by atoms with van der Waals surface area (Å²) in [5.74, 6) is -3.16. The first kappa shape index (κ1) is 26.5. The molecule has 0 unspecified atom stereocenters. The van der Waals surface area contributed by atoms with Crippen LogP contribution in [0.2, 0.25) is 0 Å². The molecule has 0 aliphatic rings. The highest BCUT2D eigenvalue weighted by molar-refractivity contribution is 6.22. The number of hydrogen-bond acceptors (Lipinski definition) is 6. The number of nitrogens with zero attached hydrogens (tertiary/aromatic N) is 5. The Kier molecular flexibility index (Phi) is 6.75. The quantitative estimate of drug-likeness (QED) is 0.390. The van der Waals surface area contributed by atoms with Gasteiger partial charge in [-0.2, -0.15) is 18.2 Å². The summed E-state index contributed by atoms with van der Waals surface area (Å²) >= 11 is 0. The highest BCUT2D eigenvalue weighted by atomic mass is 19.4. The van der Waals surface area contributed by atoms with E-state index in [0.717, 1.165) is 38.7 Å². The van der Waals surface area contributed by atoms with Crippen molar-refractivity contribution >= 4 is 57.2 Å². The van der Waals surface area contributed by atoms with E-state index in [9.17, 15) is 32.3 Å². The number of carbonyl (C=O) groups is 4. The molecule has 196 valence electrons. The van der Waals surface area contributed by atoms with Gasteiger partial charge in [-0.3, -0.25) is 19.2 Å². The smallest absolute Gasteiger partial charge is 0.343 e. The van der Waals surface area contributed by atoms with E-state index in [1.54, 1.807) is 22.9 Å². The molecule has 0 fully saturated rings. The molecule has 0 bridgehead atoms. The van der Waals surface area contributed by atoms with Crippen LogP contribution in [0.4, 0.5) is 24.9 Å². The van der Waals surface area contributed by atoms with Crippen LogP contribution in [0.1, 0.15) is 38.8 Å². The zero-order valence-electron chi connectivity index (χ0n) is 20.8. The Morgan fingerprint density at radius 1 is 0.816 bits per heavy atom. The monoisotopic (exact) mass is 525 g/mol. The molecule has 2 aromatic carbocycles. The molecule has 4 aromatic rings. The minimum Gasteiger partial charge on any atom is -0.343 e. The van der Waals surface area contributed by atoms with Gasteiger partial charge in [0.2, 0.25) is 29.6 Å². The van der Waals surface area contributed by atoms with Crippen LogP contribution in [0, 0.1) is 0 Å². The van der Waals surface area contributed by atoms with Gasteiger partial charge in [-0.05, 0) is 29.8 Å². The molecule has 2 heterocycles. The Labute approximate surface area is 214 Å². The number of halogens is 3. The van der Waals surface area contributed by atoms with Crippen LogP contribution in [0.25, 0.3) is 21.8 Å². The predicted octanol–water partition coefficient (Wildman–Crippen LogP) is 4.45. The van der Waals surface area contributed by atoms with Crippen molar-refractivity contribution in [1.29, 1.82) is 0 Å². The van der Waals surface area contributed by atoms with Crippen molar-refractivity contribution < 1.29 is 32.3 Å². The van der Waals surface area contributed by atoms with Crippen LogP contribution in [0.5, 0.6) is 0 Å². The fourth-order valence-corrected chi connectivity index (χ4v) is 4.41. The number of carbonyl (C=O) groups excluding carboxylic acids is 4. The van der Waals surface area contributed by atoms with Crippen molar-refractivity contribution in [2.45, 2.75) is 40.4 Å². The molecule has 0 saturated carbocycles. The van der Waals surface area contributed by atoms with Gasteiger partial charge in [0.25, 0.3) is 0 Å². The molecule has 0 N–H and O–H groups in total. The van der Waals surface area contributed by atoms with Crippen LogP contribution in [0.3, 0.4) is 0 Å². The molecule has 0 aliphatic carbocycles. The second-order valence-corrected chi connectivity index (χ2v) is 8.59. The summed E-state index contributed by atoms with van der Waals surface area (Å²) in [5, 5.41) is 0.713. The van der Waals surface area contributed by atoms with Gasteiger partial charge in [-0.15, -0.1) is 0 Å². The summed E-state index contributed by atoms with van der Waals surface area (Å²) < 4.78 is 42.3. The van der Waals surface area contributed by atoms with E-state index in [-0.39, 0.29) is 34.8 Å². The lowest BCUT2D eigenvalue weighted by Gasteiger charge is -2.22. The largest absolute Gasteiger partial charge is 0.416 e. The first-order chi connectivity index (χ1) is 17.8. The molecule has 38 heavy (non-hydrogen) atoms. The van der Waals surface area contributed by atoms with Gasteiger partial charge in [0.1, 0.15) is 0 Å². The molecule has 9 nitrogen and oxygen atoms in total. The van der Waals surface area contributed by atoms with Gasteiger partial charge in [-0.1, -0.05) is 18.2 Å².